The number of aliphatic hydroxyl groups excluding tert-OH is 1. The highest BCUT2D eigenvalue weighted by atomic mass is 19.4. The molecule has 0 aromatic carbocycles. The molecule has 1 aliphatic heterocycles. The van der Waals surface area contributed by atoms with Crippen LogP contribution in [0.3, 0.4) is 0 Å². The maximum Gasteiger partial charge on any atom is 0.406 e. The number of hydrogen-bond acceptors (Lipinski definition) is 5. The zero-order valence-corrected chi connectivity index (χ0v) is 13.0. The number of carbonyl (C=O) groups excluding carboxylic acids is 1. The zero-order valence-electron chi connectivity index (χ0n) is 13.0. The van der Waals surface area contributed by atoms with E-state index in [1.807, 2.05) is 4.90 Å². The number of aliphatic hydroxyl groups is 1. The van der Waals surface area contributed by atoms with Gasteiger partial charge in [-0.05, 0) is 18.9 Å². The Morgan fingerprint density at radius 2 is 2.12 bits per heavy atom. The molecule has 2 amide bonds. The first-order chi connectivity index (χ1) is 11.4. The number of rotatable bonds is 5. The molecule has 0 unspecified atom stereocenters. The molecule has 7 nitrogen and oxygen atoms in total. The summed E-state index contributed by atoms with van der Waals surface area (Å²) in [7, 11) is 0. The van der Waals surface area contributed by atoms with E-state index in [-0.39, 0.29) is 12.6 Å². The van der Waals surface area contributed by atoms with Gasteiger partial charge in [0.05, 0.1) is 6.61 Å². The summed E-state index contributed by atoms with van der Waals surface area (Å²) in [4.78, 5) is 22.8. The van der Waals surface area contributed by atoms with Crippen LogP contribution in [0.2, 0.25) is 0 Å². The lowest BCUT2D eigenvalue weighted by Gasteiger charge is -2.34. The van der Waals surface area contributed by atoms with Crippen molar-refractivity contribution in [1.29, 1.82) is 0 Å². The second kappa shape index (κ2) is 8.13. The van der Waals surface area contributed by atoms with Gasteiger partial charge in [-0.1, -0.05) is 0 Å². The highest BCUT2D eigenvalue weighted by Crippen LogP contribution is 2.18. The van der Waals surface area contributed by atoms with E-state index in [0.717, 1.165) is 13.0 Å². The van der Waals surface area contributed by atoms with E-state index in [0.29, 0.717) is 23.8 Å². The van der Waals surface area contributed by atoms with Gasteiger partial charge in [-0.3, -0.25) is 0 Å². The van der Waals surface area contributed by atoms with E-state index in [9.17, 15) is 18.0 Å². The molecule has 0 spiro atoms. The molecule has 24 heavy (non-hydrogen) atoms. The summed E-state index contributed by atoms with van der Waals surface area (Å²) < 4.78 is 37.6. The molecule has 1 fully saturated rings. The third-order valence-corrected chi connectivity index (χ3v) is 3.61. The molecule has 134 valence electrons. The standard InChI is InChI=1S/C14H20F3N5O2/c15-14(16,17)10-22(7-8-23)13(24)20-11-3-1-6-21(9-11)12-18-4-2-5-19-12/h2,4-5,11,23H,1,3,6-10H2,(H,20,24)/t11-/m0/s1. The number of hydrogen-bond donors (Lipinski definition) is 2. The maximum atomic E-state index is 12.5. The van der Waals surface area contributed by atoms with Crippen LogP contribution in [0.15, 0.2) is 18.5 Å². The Morgan fingerprint density at radius 3 is 2.75 bits per heavy atom. The molecule has 1 aliphatic rings. The van der Waals surface area contributed by atoms with Crippen LogP contribution < -0.4 is 10.2 Å². The average molecular weight is 347 g/mol. The first-order valence-corrected chi connectivity index (χ1v) is 7.64. The number of urea groups is 1. The van der Waals surface area contributed by atoms with Gasteiger partial charge in [0, 0.05) is 38.1 Å². The molecule has 0 aliphatic carbocycles. The van der Waals surface area contributed by atoms with Crippen molar-refractivity contribution in [3.8, 4) is 0 Å². The number of piperidine rings is 1. The van der Waals surface area contributed by atoms with Gasteiger partial charge in [0.1, 0.15) is 6.54 Å². The van der Waals surface area contributed by atoms with Gasteiger partial charge >= 0.3 is 12.2 Å². The molecule has 1 aromatic rings. The summed E-state index contributed by atoms with van der Waals surface area (Å²) in [6.07, 6.45) is 0.132. The third-order valence-electron chi connectivity index (χ3n) is 3.61. The van der Waals surface area contributed by atoms with E-state index in [1.54, 1.807) is 18.5 Å². The largest absolute Gasteiger partial charge is 0.406 e. The Labute approximate surface area is 137 Å². The second-order valence-electron chi connectivity index (χ2n) is 5.54. The van der Waals surface area contributed by atoms with E-state index in [1.165, 1.54) is 0 Å². The lowest BCUT2D eigenvalue weighted by Crippen LogP contribution is -2.53. The summed E-state index contributed by atoms with van der Waals surface area (Å²) in [6, 6.07) is 0.558. The normalized spacial score (nSPS) is 18.3. The minimum Gasteiger partial charge on any atom is -0.395 e. The summed E-state index contributed by atoms with van der Waals surface area (Å²) in [5.74, 6) is 0.527. The number of nitrogens with zero attached hydrogens (tertiary/aromatic N) is 4. The van der Waals surface area contributed by atoms with Crippen LogP contribution in [0.4, 0.5) is 23.9 Å². The molecule has 1 aromatic heterocycles. The Kier molecular flexibility index (Phi) is 6.18. The van der Waals surface area contributed by atoms with Gasteiger partial charge in [0.2, 0.25) is 5.95 Å². The topological polar surface area (TPSA) is 81.6 Å². The number of halogens is 3. The number of amides is 2. The first-order valence-electron chi connectivity index (χ1n) is 7.64. The quantitative estimate of drug-likeness (QED) is 0.831. The lowest BCUT2D eigenvalue weighted by molar-refractivity contribution is -0.140. The fraction of sp³-hybridized carbons (Fsp3) is 0.643. The summed E-state index contributed by atoms with van der Waals surface area (Å²) in [5.41, 5.74) is 0. The third kappa shape index (κ3) is 5.52. The Balaban J connectivity index is 1.94. The van der Waals surface area contributed by atoms with Crippen LogP contribution in [-0.2, 0) is 0 Å². The molecule has 0 bridgehead atoms. The number of aromatic nitrogens is 2. The Bertz CT molecular complexity index is 529. The van der Waals surface area contributed by atoms with E-state index in [2.05, 4.69) is 15.3 Å². The van der Waals surface area contributed by atoms with E-state index >= 15 is 0 Å². The Hall–Kier alpha value is -2.10. The first kappa shape index (κ1) is 18.2. The SMILES string of the molecule is O=C(N[C@H]1CCCN(c2ncccn2)C1)N(CCO)CC(F)(F)F. The molecule has 0 saturated carbocycles. The van der Waals surface area contributed by atoms with Crippen molar-refractivity contribution in [1.82, 2.24) is 20.2 Å². The molecular formula is C14H20F3N5O2. The van der Waals surface area contributed by atoms with Gasteiger partial charge in [-0.25, -0.2) is 14.8 Å². The van der Waals surface area contributed by atoms with Gasteiger partial charge < -0.3 is 20.2 Å². The lowest BCUT2D eigenvalue weighted by atomic mass is 10.1. The number of anilines is 1. The van der Waals surface area contributed by atoms with Gasteiger partial charge in [-0.15, -0.1) is 0 Å². The fourth-order valence-corrected chi connectivity index (χ4v) is 2.59. The smallest absolute Gasteiger partial charge is 0.395 e. The molecule has 0 radical (unpaired) electrons. The number of alkyl halides is 3. The maximum absolute atomic E-state index is 12.5. The van der Waals surface area contributed by atoms with Crippen molar-refractivity contribution in [2.75, 3.05) is 37.7 Å². The van der Waals surface area contributed by atoms with E-state index < -0.39 is 25.4 Å². The highest BCUT2D eigenvalue weighted by molar-refractivity contribution is 5.74. The molecule has 10 heteroatoms. The van der Waals surface area contributed by atoms with Crippen molar-refractivity contribution in [2.45, 2.75) is 25.1 Å². The van der Waals surface area contributed by atoms with Crippen molar-refractivity contribution in [3.63, 3.8) is 0 Å². The van der Waals surface area contributed by atoms with Gasteiger partial charge in [0.15, 0.2) is 0 Å². The summed E-state index contributed by atoms with van der Waals surface area (Å²) in [6.45, 7) is -1.15. The zero-order chi connectivity index (χ0) is 17.6. The molecular weight excluding hydrogens is 327 g/mol. The minimum atomic E-state index is -4.51. The molecule has 1 atom stereocenters. The van der Waals surface area contributed by atoms with Crippen molar-refractivity contribution >= 4 is 12.0 Å². The average Bonchev–Trinajstić information content (AvgIpc) is 2.54. The van der Waals surface area contributed by atoms with Crippen LogP contribution in [0, 0.1) is 0 Å². The molecule has 2 rings (SSSR count). The predicted molar refractivity (Wildman–Crippen MR) is 80.5 cm³/mol. The summed E-state index contributed by atoms with van der Waals surface area (Å²) in [5, 5.41) is 11.5. The number of nitrogens with one attached hydrogen (secondary N) is 1. The monoisotopic (exact) mass is 347 g/mol. The Morgan fingerprint density at radius 1 is 1.42 bits per heavy atom. The van der Waals surface area contributed by atoms with Crippen LogP contribution >= 0.6 is 0 Å². The minimum absolute atomic E-state index is 0.301. The highest BCUT2D eigenvalue weighted by Gasteiger charge is 2.34. The van der Waals surface area contributed by atoms with Crippen molar-refractivity contribution < 1.29 is 23.1 Å². The van der Waals surface area contributed by atoms with Crippen LogP contribution in [-0.4, -0.2) is 71.0 Å². The van der Waals surface area contributed by atoms with Crippen molar-refractivity contribution in [3.05, 3.63) is 18.5 Å². The van der Waals surface area contributed by atoms with Crippen LogP contribution in [0.1, 0.15) is 12.8 Å². The van der Waals surface area contributed by atoms with Gasteiger partial charge in [0.25, 0.3) is 0 Å². The van der Waals surface area contributed by atoms with Crippen molar-refractivity contribution in [2.24, 2.45) is 0 Å². The predicted octanol–water partition coefficient (Wildman–Crippen LogP) is 1.01. The van der Waals surface area contributed by atoms with Gasteiger partial charge in [-0.2, -0.15) is 13.2 Å². The molecule has 2 N–H and O–H groups in total. The number of carbonyl (C=O) groups is 1. The second-order valence-corrected chi connectivity index (χ2v) is 5.54. The van der Waals surface area contributed by atoms with Crippen LogP contribution in [0.25, 0.3) is 0 Å². The molecule has 1 saturated heterocycles. The van der Waals surface area contributed by atoms with Crippen LogP contribution in [0.5, 0.6) is 0 Å². The molecule has 2 heterocycles. The fourth-order valence-electron chi connectivity index (χ4n) is 2.59. The summed E-state index contributed by atoms with van der Waals surface area (Å²) >= 11 is 0. The van der Waals surface area contributed by atoms with E-state index in [4.69, 9.17) is 5.11 Å².